The minimum absolute atomic E-state index is 0.0846. The Bertz CT molecular complexity index is 566. The molecule has 1 unspecified atom stereocenters. The topological polar surface area (TPSA) is 89.6 Å². The first-order valence-corrected chi connectivity index (χ1v) is 11.1. The van der Waals surface area contributed by atoms with Crippen LogP contribution in [0, 0.1) is 5.92 Å². The van der Waals surface area contributed by atoms with Crippen LogP contribution in [0.25, 0.3) is 0 Å². The summed E-state index contributed by atoms with van der Waals surface area (Å²) < 4.78 is 6.27. The van der Waals surface area contributed by atoms with Crippen molar-refractivity contribution in [2.75, 3.05) is 0 Å². The highest BCUT2D eigenvalue weighted by Gasteiger charge is 2.42. The molecule has 0 fully saturated rings. The summed E-state index contributed by atoms with van der Waals surface area (Å²) in [7, 11) is -2.23. The zero-order valence-corrected chi connectivity index (χ0v) is 16.2. The monoisotopic (exact) mass is 351 g/mol. The minimum Gasteiger partial charge on any atom is -0.481 e. The number of nitrogens with two attached hydrogens (primary N) is 1. The maximum absolute atomic E-state index is 11.8. The fraction of sp³-hybridized carbons (Fsp3) is 0.556. The largest absolute Gasteiger partial charge is 0.481 e. The predicted molar refractivity (Wildman–Crippen MR) is 97.2 cm³/mol. The van der Waals surface area contributed by atoms with Gasteiger partial charge in [-0.05, 0) is 30.1 Å². The predicted octanol–water partition coefficient (Wildman–Crippen LogP) is 3.20. The molecular formula is C18H29NO4Si. The lowest BCUT2D eigenvalue weighted by atomic mass is 9.92. The highest BCUT2D eigenvalue weighted by Crippen LogP contribution is 2.38. The number of carbonyl (C=O) groups excluding carboxylic acids is 1. The SMILES string of the molecule is CC(C)(C)[Si](C)(C)OC(CC(N)=O)[C@H](Cc1ccccc1)C(=O)O. The van der Waals surface area contributed by atoms with Crippen LogP contribution in [-0.2, 0) is 20.4 Å². The van der Waals surface area contributed by atoms with E-state index in [2.05, 4.69) is 20.8 Å². The van der Waals surface area contributed by atoms with Crippen LogP contribution in [-0.4, -0.2) is 31.4 Å². The van der Waals surface area contributed by atoms with Crippen LogP contribution in [0.3, 0.4) is 0 Å². The quantitative estimate of drug-likeness (QED) is 0.704. The van der Waals surface area contributed by atoms with Crippen LogP contribution in [0.1, 0.15) is 32.8 Å². The Morgan fingerprint density at radius 3 is 2.17 bits per heavy atom. The van der Waals surface area contributed by atoms with Crippen LogP contribution in [0.5, 0.6) is 0 Å². The molecule has 1 aromatic carbocycles. The van der Waals surface area contributed by atoms with E-state index in [1.54, 1.807) is 0 Å². The molecule has 0 bridgehead atoms. The van der Waals surface area contributed by atoms with Gasteiger partial charge in [0, 0.05) is 0 Å². The summed E-state index contributed by atoms with van der Waals surface area (Å²) in [5.74, 6) is -2.32. The van der Waals surface area contributed by atoms with Gasteiger partial charge in [-0.15, -0.1) is 0 Å². The molecule has 0 spiro atoms. The molecule has 0 aliphatic rings. The third-order valence-electron chi connectivity index (χ3n) is 4.72. The molecule has 2 atom stereocenters. The summed E-state index contributed by atoms with van der Waals surface area (Å²) in [6.45, 7) is 10.3. The summed E-state index contributed by atoms with van der Waals surface area (Å²) in [4.78, 5) is 23.3. The van der Waals surface area contributed by atoms with E-state index in [1.165, 1.54) is 0 Å². The van der Waals surface area contributed by atoms with Gasteiger partial charge in [-0.1, -0.05) is 51.1 Å². The summed E-state index contributed by atoms with van der Waals surface area (Å²) >= 11 is 0. The Labute approximate surface area is 145 Å². The van der Waals surface area contributed by atoms with Crippen LogP contribution in [0.15, 0.2) is 30.3 Å². The Kier molecular flexibility index (Phi) is 6.74. The normalized spacial score (nSPS) is 14.9. The van der Waals surface area contributed by atoms with Crippen LogP contribution in [0.4, 0.5) is 0 Å². The van der Waals surface area contributed by atoms with Crippen LogP contribution < -0.4 is 5.73 Å². The van der Waals surface area contributed by atoms with E-state index in [-0.39, 0.29) is 11.5 Å². The maximum atomic E-state index is 11.8. The molecule has 24 heavy (non-hydrogen) atoms. The maximum Gasteiger partial charge on any atom is 0.309 e. The van der Waals surface area contributed by atoms with Crippen molar-refractivity contribution >= 4 is 20.2 Å². The summed E-state index contributed by atoms with van der Waals surface area (Å²) in [6.07, 6.45) is -0.500. The molecule has 1 amide bonds. The number of benzene rings is 1. The third kappa shape index (κ3) is 5.76. The average Bonchev–Trinajstić information content (AvgIpc) is 2.42. The minimum atomic E-state index is -2.23. The van der Waals surface area contributed by atoms with Crippen molar-refractivity contribution in [2.45, 2.75) is 57.8 Å². The number of rotatable bonds is 8. The number of hydrogen-bond acceptors (Lipinski definition) is 3. The number of primary amides is 1. The lowest BCUT2D eigenvalue weighted by Gasteiger charge is -2.40. The van der Waals surface area contributed by atoms with Gasteiger partial charge in [0.1, 0.15) is 0 Å². The molecule has 0 aliphatic heterocycles. The van der Waals surface area contributed by atoms with Crippen molar-refractivity contribution in [2.24, 2.45) is 11.7 Å². The van der Waals surface area contributed by atoms with Crippen molar-refractivity contribution < 1.29 is 19.1 Å². The Morgan fingerprint density at radius 1 is 1.21 bits per heavy atom. The fourth-order valence-corrected chi connectivity index (χ4v) is 3.62. The van der Waals surface area contributed by atoms with Gasteiger partial charge < -0.3 is 15.3 Å². The molecule has 1 aromatic rings. The van der Waals surface area contributed by atoms with Gasteiger partial charge in [-0.2, -0.15) is 0 Å². The first kappa shape index (κ1) is 20.4. The molecule has 134 valence electrons. The van der Waals surface area contributed by atoms with E-state index in [9.17, 15) is 14.7 Å². The third-order valence-corrected chi connectivity index (χ3v) is 9.22. The second-order valence-electron chi connectivity index (χ2n) is 7.72. The molecular weight excluding hydrogens is 322 g/mol. The highest BCUT2D eigenvalue weighted by molar-refractivity contribution is 6.74. The smallest absolute Gasteiger partial charge is 0.309 e. The van der Waals surface area contributed by atoms with E-state index in [4.69, 9.17) is 10.2 Å². The van der Waals surface area contributed by atoms with Gasteiger partial charge in [-0.3, -0.25) is 9.59 Å². The molecule has 0 heterocycles. The molecule has 0 aromatic heterocycles. The highest BCUT2D eigenvalue weighted by atomic mass is 28.4. The Hall–Kier alpha value is -1.66. The lowest BCUT2D eigenvalue weighted by Crippen LogP contribution is -2.48. The van der Waals surface area contributed by atoms with Crippen LogP contribution >= 0.6 is 0 Å². The number of carboxylic acids is 1. The molecule has 0 aliphatic carbocycles. The molecule has 5 nitrogen and oxygen atoms in total. The van der Waals surface area contributed by atoms with Gasteiger partial charge in [0.25, 0.3) is 0 Å². The van der Waals surface area contributed by atoms with Gasteiger partial charge >= 0.3 is 5.97 Å². The average molecular weight is 352 g/mol. The second kappa shape index (κ2) is 7.94. The van der Waals surface area contributed by atoms with Gasteiger partial charge in [0.15, 0.2) is 8.32 Å². The van der Waals surface area contributed by atoms with Gasteiger partial charge in [0.05, 0.1) is 18.4 Å². The van der Waals surface area contributed by atoms with E-state index in [0.717, 1.165) is 5.56 Å². The fourth-order valence-electron chi connectivity index (χ4n) is 2.27. The Morgan fingerprint density at radius 2 is 1.75 bits per heavy atom. The van der Waals surface area contributed by atoms with Crippen molar-refractivity contribution in [3.63, 3.8) is 0 Å². The molecule has 6 heteroatoms. The lowest BCUT2D eigenvalue weighted by molar-refractivity contribution is -0.145. The van der Waals surface area contributed by atoms with E-state index < -0.39 is 32.2 Å². The second-order valence-corrected chi connectivity index (χ2v) is 12.5. The van der Waals surface area contributed by atoms with Gasteiger partial charge in [-0.25, -0.2) is 0 Å². The number of carbonyl (C=O) groups is 2. The van der Waals surface area contributed by atoms with Crippen molar-refractivity contribution in [3.8, 4) is 0 Å². The van der Waals surface area contributed by atoms with Crippen molar-refractivity contribution in [1.29, 1.82) is 0 Å². The first-order chi connectivity index (χ1) is 10.9. The van der Waals surface area contributed by atoms with Gasteiger partial charge in [0.2, 0.25) is 5.91 Å². The molecule has 1 rings (SSSR count). The molecule has 0 radical (unpaired) electrons. The van der Waals surface area contributed by atoms with Crippen molar-refractivity contribution in [3.05, 3.63) is 35.9 Å². The number of hydrogen-bond donors (Lipinski definition) is 2. The van der Waals surface area contributed by atoms with E-state index >= 15 is 0 Å². The molecule has 3 N–H and O–H groups in total. The number of aliphatic carboxylic acids is 1. The van der Waals surface area contributed by atoms with Crippen LogP contribution in [0.2, 0.25) is 18.1 Å². The Balaban J connectivity index is 3.09. The summed E-state index contributed by atoms with van der Waals surface area (Å²) in [5, 5.41) is 9.62. The molecule has 0 saturated carbocycles. The summed E-state index contributed by atoms with van der Waals surface area (Å²) in [5.41, 5.74) is 6.26. The number of amides is 1. The van der Waals surface area contributed by atoms with E-state index in [1.807, 2.05) is 43.4 Å². The summed E-state index contributed by atoms with van der Waals surface area (Å²) in [6, 6.07) is 9.37. The first-order valence-electron chi connectivity index (χ1n) is 8.17. The van der Waals surface area contributed by atoms with Crippen molar-refractivity contribution in [1.82, 2.24) is 0 Å². The zero-order valence-electron chi connectivity index (χ0n) is 15.2. The zero-order chi connectivity index (χ0) is 18.5. The standard InChI is InChI=1S/C18H29NO4Si/c1-18(2,3)24(4,5)23-15(12-16(19)20)14(17(21)22)11-13-9-7-6-8-10-13/h6-10,14-15H,11-12H2,1-5H3,(H2,19,20)(H,21,22)/t14-,15?/m0/s1. The molecule has 0 saturated heterocycles. The van der Waals surface area contributed by atoms with E-state index in [0.29, 0.717) is 6.42 Å². The number of carboxylic acid groups (broad SMARTS) is 1.